The summed E-state index contributed by atoms with van der Waals surface area (Å²) in [5.74, 6) is 1.35. The molecule has 160 valence electrons. The van der Waals surface area contributed by atoms with Crippen LogP contribution < -0.4 is 15.8 Å². The number of fused-ring (bicyclic) bond motifs is 1. The van der Waals surface area contributed by atoms with Crippen molar-refractivity contribution in [3.8, 4) is 17.0 Å². The van der Waals surface area contributed by atoms with Crippen LogP contribution in [0.3, 0.4) is 0 Å². The van der Waals surface area contributed by atoms with E-state index in [0.29, 0.717) is 37.1 Å². The number of hydroxylamine groups is 2. The Hall–Kier alpha value is -2.84. The molecule has 4 rings (SSSR count). The molecule has 0 radical (unpaired) electrons. The van der Waals surface area contributed by atoms with Gasteiger partial charge in [-0.3, -0.25) is 10.00 Å². The number of aromatic nitrogens is 2. The molecule has 2 heterocycles. The molecule has 1 aromatic carbocycles. The van der Waals surface area contributed by atoms with Crippen molar-refractivity contribution in [1.82, 2.24) is 14.8 Å². The lowest BCUT2D eigenvalue weighted by Crippen LogP contribution is -2.39. The fourth-order valence-electron chi connectivity index (χ4n) is 4.19. The number of benzene rings is 1. The minimum atomic E-state index is -0.489. The van der Waals surface area contributed by atoms with Gasteiger partial charge in [0.15, 0.2) is 0 Å². The van der Waals surface area contributed by atoms with Crippen LogP contribution in [0.15, 0.2) is 42.1 Å². The van der Waals surface area contributed by atoms with Crippen LogP contribution in [-0.2, 0) is 11.9 Å². The predicted octanol–water partition coefficient (Wildman–Crippen LogP) is 3.32. The van der Waals surface area contributed by atoms with E-state index in [2.05, 4.69) is 16.5 Å². The van der Waals surface area contributed by atoms with Gasteiger partial charge in [-0.05, 0) is 55.9 Å². The molecule has 8 heteroatoms. The second-order valence-electron chi connectivity index (χ2n) is 7.75. The van der Waals surface area contributed by atoms with Crippen molar-refractivity contribution in [2.24, 2.45) is 18.7 Å². The Morgan fingerprint density at radius 2 is 2.23 bits per heavy atom. The van der Waals surface area contributed by atoms with Gasteiger partial charge in [0.05, 0.1) is 12.2 Å². The number of hydrogen-bond donors (Lipinski definition) is 2. The molecule has 1 aliphatic heterocycles. The molecular formula is C22H29N5O3. The number of nitrogens with zero attached hydrogens (tertiary/aromatic N) is 3. The molecule has 1 aromatic heterocycles. The van der Waals surface area contributed by atoms with Gasteiger partial charge in [-0.1, -0.05) is 11.6 Å². The van der Waals surface area contributed by atoms with Crippen molar-refractivity contribution in [2.75, 3.05) is 31.6 Å². The van der Waals surface area contributed by atoms with E-state index in [0.717, 1.165) is 30.6 Å². The molecule has 1 atom stereocenters. The van der Waals surface area contributed by atoms with E-state index >= 15 is 0 Å². The normalized spacial score (nSPS) is 19.0. The molecule has 1 saturated heterocycles. The molecule has 0 spiro atoms. The van der Waals surface area contributed by atoms with Crippen molar-refractivity contribution in [3.63, 3.8) is 0 Å². The summed E-state index contributed by atoms with van der Waals surface area (Å²) in [5.41, 5.74) is 9.31. The highest BCUT2D eigenvalue weighted by Crippen LogP contribution is 2.33. The zero-order valence-corrected chi connectivity index (χ0v) is 17.3. The van der Waals surface area contributed by atoms with Crippen LogP contribution in [-0.4, -0.2) is 47.2 Å². The molecule has 1 unspecified atom stereocenters. The maximum Gasteiger partial charge on any atom is 0.430 e. The largest absolute Gasteiger partial charge is 0.492 e. The predicted molar refractivity (Wildman–Crippen MR) is 115 cm³/mol. The Balaban J connectivity index is 1.44. The fourth-order valence-corrected chi connectivity index (χ4v) is 4.19. The molecule has 8 nitrogen and oxygen atoms in total. The maximum atomic E-state index is 12.5. The minimum absolute atomic E-state index is 0.408. The molecule has 1 amide bonds. The number of ether oxygens (including phenoxy) is 1. The van der Waals surface area contributed by atoms with E-state index in [9.17, 15) is 4.79 Å². The van der Waals surface area contributed by atoms with Crippen LogP contribution >= 0.6 is 0 Å². The zero-order chi connectivity index (χ0) is 20.9. The number of allylic oxidation sites excluding steroid dienone is 1. The Labute approximate surface area is 176 Å². The third kappa shape index (κ3) is 4.66. The average Bonchev–Trinajstić information content (AvgIpc) is 3.18. The van der Waals surface area contributed by atoms with Crippen LogP contribution in [0.2, 0.25) is 0 Å². The van der Waals surface area contributed by atoms with Crippen LogP contribution in [0.5, 0.6) is 5.75 Å². The number of carbonyl (C=O) groups excluding carboxylic acids is 1. The summed E-state index contributed by atoms with van der Waals surface area (Å²) in [7, 11) is 1.86. The third-order valence-corrected chi connectivity index (χ3v) is 5.68. The number of rotatable bonds is 6. The lowest BCUT2D eigenvalue weighted by molar-refractivity contribution is -0.100. The third-order valence-electron chi connectivity index (χ3n) is 5.68. The van der Waals surface area contributed by atoms with Crippen LogP contribution in [0, 0.1) is 5.92 Å². The van der Waals surface area contributed by atoms with Crippen LogP contribution in [0.4, 0.5) is 10.5 Å². The highest BCUT2D eigenvalue weighted by atomic mass is 16.7. The van der Waals surface area contributed by atoms with Gasteiger partial charge in [-0.25, -0.2) is 4.79 Å². The zero-order valence-electron chi connectivity index (χ0n) is 17.3. The summed E-state index contributed by atoms with van der Waals surface area (Å²) >= 11 is 0. The van der Waals surface area contributed by atoms with Gasteiger partial charge in [0.2, 0.25) is 0 Å². The maximum absolute atomic E-state index is 12.5. The summed E-state index contributed by atoms with van der Waals surface area (Å²) in [6.45, 7) is 2.29. The SMILES string of the molecule is Cn1nccc1-c1cc(NC(=O)ON2CCC3CCCC=C3C2)ccc1OCCN. The first-order valence-corrected chi connectivity index (χ1v) is 10.5. The fraction of sp³-hybridized carbons (Fsp3) is 0.455. The van der Waals surface area contributed by atoms with Gasteiger partial charge in [0.1, 0.15) is 12.4 Å². The molecule has 1 fully saturated rings. The lowest BCUT2D eigenvalue weighted by atomic mass is 9.83. The number of carbonyl (C=O) groups is 1. The average molecular weight is 412 g/mol. The Morgan fingerprint density at radius 3 is 3.03 bits per heavy atom. The van der Waals surface area contributed by atoms with Crippen molar-refractivity contribution in [2.45, 2.75) is 25.7 Å². The Kier molecular flexibility index (Phi) is 6.35. The van der Waals surface area contributed by atoms with E-state index in [1.54, 1.807) is 22.0 Å². The molecule has 2 aromatic rings. The van der Waals surface area contributed by atoms with Crippen molar-refractivity contribution in [3.05, 3.63) is 42.1 Å². The second-order valence-corrected chi connectivity index (χ2v) is 7.75. The Bertz CT molecular complexity index is 923. The summed E-state index contributed by atoms with van der Waals surface area (Å²) in [6, 6.07) is 7.38. The summed E-state index contributed by atoms with van der Waals surface area (Å²) in [4.78, 5) is 18.1. The van der Waals surface area contributed by atoms with E-state index in [-0.39, 0.29) is 0 Å². The second kappa shape index (κ2) is 9.32. The van der Waals surface area contributed by atoms with E-state index in [1.165, 1.54) is 18.4 Å². The lowest BCUT2D eigenvalue weighted by Gasteiger charge is -2.34. The first-order chi connectivity index (χ1) is 14.6. The number of nitrogens with two attached hydrogens (primary N) is 1. The van der Waals surface area contributed by atoms with Gasteiger partial charge < -0.3 is 15.3 Å². The summed E-state index contributed by atoms with van der Waals surface area (Å²) in [5, 5.41) is 8.82. The van der Waals surface area contributed by atoms with Gasteiger partial charge >= 0.3 is 6.09 Å². The van der Waals surface area contributed by atoms with E-state index in [1.807, 2.05) is 25.2 Å². The van der Waals surface area contributed by atoms with E-state index < -0.39 is 6.09 Å². The molecule has 2 aliphatic rings. The number of hydrogen-bond acceptors (Lipinski definition) is 6. The Morgan fingerprint density at radius 1 is 1.33 bits per heavy atom. The number of anilines is 1. The van der Waals surface area contributed by atoms with Crippen LogP contribution in [0.1, 0.15) is 25.7 Å². The molecule has 0 saturated carbocycles. The number of amides is 1. The highest BCUT2D eigenvalue weighted by molar-refractivity contribution is 5.86. The topological polar surface area (TPSA) is 94.6 Å². The van der Waals surface area contributed by atoms with Crippen molar-refractivity contribution in [1.29, 1.82) is 0 Å². The highest BCUT2D eigenvalue weighted by Gasteiger charge is 2.27. The molecule has 30 heavy (non-hydrogen) atoms. The molecule has 3 N–H and O–H groups in total. The molecule has 1 aliphatic carbocycles. The van der Waals surface area contributed by atoms with Gasteiger partial charge in [0.25, 0.3) is 0 Å². The van der Waals surface area contributed by atoms with Gasteiger partial charge in [-0.15, -0.1) is 5.06 Å². The quantitative estimate of drug-likeness (QED) is 0.708. The number of nitrogens with one attached hydrogen (secondary N) is 1. The van der Waals surface area contributed by atoms with Crippen molar-refractivity contribution >= 4 is 11.8 Å². The first-order valence-electron chi connectivity index (χ1n) is 10.5. The molecule has 0 bridgehead atoms. The smallest absolute Gasteiger partial charge is 0.430 e. The summed E-state index contributed by atoms with van der Waals surface area (Å²) in [6.07, 6.45) is 8.22. The standard InChI is InChI=1S/C22H29N5O3/c1-26-20(8-11-24-26)19-14-18(6-7-21(19)29-13-10-23)25-22(28)30-27-12-9-16-4-2-3-5-17(16)15-27/h5-8,11,14,16H,2-4,9-10,12-13,15,23H2,1H3,(H,25,28). The van der Waals surface area contributed by atoms with Crippen molar-refractivity contribution < 1.29 is 14.4 Å². The monoisotopic (exact) mass is 411 g/mol. The molecular weight excluding hydrogens is 382 g/mol. The number of aryl methyl sites for hydroxylation is 1. The van der Waals surface area contributed by atoms with Gasteiger partial charge in [-0.2, -0.15) is 5.10 Å². The number of piperidine rings is 1. The first kappa shape index (κ1) is 20.4. The summed E-state index contributed by atoms with van der Waals surface area (Å²) < 4.78 is 7.53. The van der Waals surface area contributed by atoms with Gasteiger partial charge in [0, 0.05) is 37.6 Å². The van der Waals surface area contributed by atoms with Crippen LogP contribution in [0.25, 0.3) is 11.3 Å². The van der Waals surface area contributed by atoms with E-state index in [4.69, 9.17) is 15.3 Å². The minimum Gasteiger partial charge on any atom is -0.492 e.